The molecular weight excluding hydrogens is 170 g/mol. The quantitative estimate of drug-likeness (QED) is 0.167. The third kappa shape index (κ3) is 75.5. The lowest BCUT2D eigenvalue weighted by atomic mass is 11.1. The molecule has 9 nitrogen and oxygen atoms in total. The lowest BCUT2D eigenvalue weighted by Gasteiger charge is -1.69. The minimum atomic E-state index is -1.83. The minimum Gasteiger partial charge on any atom is -0.450 e. The molecule has 0 spiro atoms. The highest BCUT2D eigenvalue weighted by atomic mass is 16.6. The first kappa shape index (κ1) is 16.4. The Morgan fingerprint density at radius 3 is 1.00 bits per heavy atom. The van der Waals surface area contributed by atoms with Gasteiger partial charge in [0.2, 0.25) is 0 Å². The molecule has 2 amide bonds. The van der Waals surface area contributed by atoms with Gasteiger partial charge in [0, 0.05) is 0 Å². The SMILES string of the molecule is N=C(N)N.NC(N)=O.O=C(O)O. The van der Waals surface area contributed by atoms with Crippen molar-refractivity contribution in [3.63, 3.8) is 0 Å². The lowest BCUT2D eigenvalue weighted by Crippen LogP contribution is -2.20. The maximum atomic E-state index is 9.00. The zero-order valence-electron chi connectivity index (χ0n) is 6.02. The predicted octanol–water partition coefficient (Wildman–Crippen LogP) is -1.92. The molecule has 0 rings (SSSR count). The van der Waals surface area contributed by atoms with Crippen LogP contribution in [-0.2, 0) is 0 Å². The summed E-state index contributed by atoms with van der Waals surface area (Å²) in [7, 11) is 0. The van der Waals surface area contributed by atoms with Gasteiger partial charge in [0.25, 0.3) is 0 Å². The number of guanidine groups is 1. The number of nitrogens with two attached hydrogens (primary N) is 4. The Kier molecular flexibility index (Phi) is 15.9. The maximum Gasteiger partial charge on any atom is 0.503 e. The zero-order chi connectivity index (χ0) is 10.7. The molecular formula is C3H11N5O4. The number of carbonyl (C=O) groups is 2. The van der Waals surface area contributed by atoms with Gasteiger partial charge in [-0.05, 0) is 0 Å². The number of urea groups is 1. The van der Waals surface area contributed by atoms with Gasteiger partial charge >= 0.3 is 12.2 Å². The van der Waals surface area contributed by atoms with Crippen LogP contribution in [0.25, 0.3) is 0 Å². The summed E-state index contributed by atoms with van der Waals surface area (Å²) < 4.78 is 0. The summed E-state index contributed by atoms with van der Waals surface area (Å²) in [4.78, 5) is 17.6. The summed E-state index contributed by atoms with van der Waals surface area (Å²) in [6.45, 7) is 0. The van der Waals surface area contributed by atoms with Crippen molar-refractivity contribution in [2.24, 2.45) is 22.9 Å². The van der Waals surface area contributed by atoms with Crippen LogP contribution in [0.3, 0.4) is 0 Å². The smallest absolute Gasteiger partial charge is 0.450 e. The summed E-state index contributed by atoms with van der Waals surface area (Å²) in [5, 5.41) is 20.0. The highest BCUT2D eigenvalue weighted by Gasteiger charge is 1.70. The van der Waals surface area contributed by atoms with Gasteiger partial charge in [-0.3, -0.25) is 5.41 Å². The summed E-state index contributed by atoms with van der Waals surface area (Å²) >= 11 is 0. The molecule has 0 unspecified atom stereocenters. The highest BCUT2D eigenvalue weighted by molar-refractivity contribution is 5.71. The number of nitrogens with one attached hydrogen (secondary N) is 1. The first-order valence-corrected chi connectivity index (χ1v) is 2.26. The van der Waals surface area contributed by atoms with E-state index in [1.165, 1.54) is 0 Å². The van der Waals surface area contributed by atoms with E-state index in [2.05, 4.69) is 22.9 Å². The van der Waals surface area contributed by atoms with E-state index in [0.717, 1.165) is 0 Å². The third-order valence-corrected chi connectivity index (χ3v) is 0. The molecule has 11 N–H and O–H groups in total. The first-order chi connectivity index (χ1) is 5.20. The normalized spacial score (nSPS) is 6.00. The standard InChI is InChI=1S/CH5N3.CH4N2O.CH2O3/c3*2-1(3)4/h(H5,2,3,4);(H4,2,3,4);(H2,2,3,4). The van der Waals surface area contributed by atoms with Gasteiger partial charge < -0.3 is 33.1 Å². The Morgan fingerprint density at radius 2 is 1.00 bits per heavy atom. The fourth-order valence-electron chi connectivity index (χ4n) is 0. The van der Waals surface area contributed by atoms with E-state index in [4.69, 9.17) is 25.2 Å². The average Bonchev–Trinajstić information content (AvgIpc) is 1.54. The molecule has 0 saturated carbocycles. The van der Waals surface area contributed by atoms with Gasteiger partial charge in [-0.15, -0.1) is 0 Å². The summed E-state index contributed by atoms with van der Waals surface area (Å²) in [5.74, 6) is -0.333. The predicted molar refractivity (Wildman–Crippen MR) is 40.5 cm³/mol. The van der Waals surface area contributed by atoms with Crippen LogP contribution in [0.2, 0.25) is 0 Å². The summed E-state index contributed by atoms with van der Waals surface area (Å²) in [6.07, 6.45) is -1.83. The van der Waals surface area contributed by atoms with Crippen LogP contribution >= 0.6 is 0 Å². The molecule has 0 aromatic heterocycles. The van der Waals surface area contributed by atoms with Gasteiger partial charge in [-0.1, -0.05) is 0 Å². The fourth-order valence-corrected chi connectivity index (χ4v) is 0. The van der Waals surface area contributed by atoms with Crippen molar-refractivity contribution in [3.8, 4) is 0 Å². The number of hydrogen-bond donors (Lipinski definition) is 7. The highest BCUT2D eigenvalue weighted by Crippen LogP contribution is 1.42. The molecule has 0 saturated heterocycles. The van der Waals surface area contributed by atoms with Gasteiger partial charge in [0.05, 0.1) is 0 Å². The van der Waals surface area contributed by atoms with Crippen molar-refractivity contribution in [1.82, 2.24) is 0 Å². The van der Waals surface area contributed by atoms with Gasteiger partial charge in [0.1, 0.15) is 0 Å². The minimum absolute atomic E-state index is 0.333. The van der Waals surface area contributed by atoms with Crippen molar-refractivity contribution in [3.05, 3.63) is 0 Å². The number of hydrogen-bond acceptors (Lipinski definition) is 3. The molecule has 9 heteroatoms. The fraction of sp³-hybridized carbons (Fsp3) is 0. The van der Waals surface area contributed by atoms with Crippen molar-refractivity contribution in [2.75, 3.05) is 0 Å². The molecule has 0 atom stereocenters. The van der Waals surface area contributed by atoms with E-state index in [-0.39, 0.29) is 5.96 Å². The third-order valence-electron chi connectivity index (χ3n) is 0. The van der Waals surface area contributed by atoms with E-state index < -0.39 is 12.2 Å². The Labute approximate surface area is 67.4 Å². The van der Waals surface area contributed by atoms with Crippen molar-refractivity contribution in [1.29, 1.82) is 5.41 Å². The number of carboxylic acid groups (broad SMARTS) is 2. The van der Waals surface area contributed by atoms with Crippen LogP contribution in [-0.4, -0.2) is 28.4 Å². The molecule has 0 aliphatic rings. The van der Waals surface area contributed by atoms with Crippen LogP contribution in [0.15, 0.2) is 0 Å². The zero-order valence-corrected chi connectivity index (χ0v) is 6.02. The first-order valence-electron chi connectivity index (χ1n) is 2.26. The van der Waals surface area contributed by atoms with Crippen LogP contribution in [0.5, 0.6) is 0 Å². The number of carbonyl (C=O) groups excluding carboxylic acids is 1. The Morgan fingerprint density at radius 1 is 1.00 bits per heavy atom. The van der Waals surface area contributed by atoms with Crippen LogP contribution < -0.4 is 22.9 Å². The largest absolute Gasteiger partial charge is 0.503 e. The van der Waals surface area contributed by atoms with Crippen LogP contribution in [0.1, 0.15) is 0 Å². The maximum absolute atomic E-state index is 9.00. The molecule has 0 aromatic rings. The van der Waals surface area contributed by atoms with Gasteiger partial charge in [0.15, 0.2) is 5.96 Å². The van der Waals surface area contributed by atoms with Crippen LogP contribution in [0, 0.1) is 5.41 Å². The number of primary amides is 2. The molecule has 0 heterocycles. The molecule has 0 bridgehead atoms. The van der Waals surface area contributed by atoms with Crippen molar-refractivity contribution >= 4 is 18.1 Å². The molecule has 0 radical (unpaired) electrons. The van der Waals surface area contributed by atoms with Crippen molar-refractivity contribution in [2.45, 2.75) is 0 Å². The monoisotopic (exact) mass is 181 g/mol. The second-order valence-electron chi connectivity index (χ2n) is 1.14. The van der Waals surface area contributed by atoms with E-state index in [1.54, 1.807) is 0 Å². The Balaban J connectivity index is -0.000000101. The second kappa shape index (κ2) is 11.6. The molecule has 72 valence electrons. The summed E-state index contributed by atoms with van der Waals surface area (Å²) in [5.41, 5.74) is 17.4. The molecule has 0 aromatic carbocycles. The molecule has 0 fully saturated rings. The molecule has 12 heavy (non-hydrogen) atoms. The summed E-state index contributed by atoms with van der Waals surface area (Å²) in [6, 6.07) is -0.833. The van der Waals surface area contributed by atoms with Crippen LogP contribution in [0.4, 0.5) is 9.59 Å². The van der Waals surface area contributed by atoms with E-state index in [1.807, 2.05) is 0 Å². The van der Waals surface area contributed by atoms with Crippen molar-refractivity contribution < 1.29 is 19.8 Å². The Hall–Kier alpha value is -2.19. The lowest BCUT2D eigenvalue weighted by molar-refractivity contribution is 0.137. The number of amides is 2. The topological polar surface area (TPSA) is 203 Å². The Bertz CT molecular complexity index is 116. The van der Waals surface area contributed by atoms with E-state index in [0.29, 0.717) is 0 Å². The van der Waals surface area contributed by atoms with E-state index in [9.17, 15) is 0 Å². The van der Waals surface area contributed by atoms with E-state index >= 15 is 0 Å². The van der Waals surface area contributed by atoms with Gasteiger partial charge in [-0.2, -0.15) is 0 Å². The molecule has 0 aliphatic heterocycles. The number of rotatable bonds is 0. The van der Waals surface area contributed by atoms with Gasteiger partial charge in [-0.25, -0.2) is 9.59 Å². The molecule has 0 aliphatic carbocycles. The average molecular weight is 181 g/mol. The second-order valence-corrected chi connectivity index (χ2v) is 1.14.